The number of benzene rings is 1. The Balaban J connectivity index is 1.48. The van der Waals surface area contributed by atoms with Gasteiger partial charge in [-0.2, -0.15) is 0 Å². The zero-order valence-corrected chi connectivity index (χ0v) is 18.0. The van der Waals surface area contributed by atoms with Crippen LogP contribution in [0.2, 0.25) is 0 Å². The van der Waals surface area contributed by atoms with E-state index in [-0.39, 0.29) is 12.0 Å². The first-order valence-corrected chi connectivity index (χ1v) is 11.2. The molecule has 1 unspecified atom stereocenters. The molecule has 2 aliphatic rings. The van der Waals surface area contributed by atoms with Gasteiger partial charge in [0.25, 0.3) is 5.91 Å². The molecule has 1 aromatic carbocycles. The van der Waals surface area contributed by atoms with E-state index in [2.05, 4.69) is 41.0 Å². The van der Waals surface area contributed by atoms with Crippen molar-refractivity contribution in [2.75, 3.05) is 33.3 Å². The number of likely N-dealkylation sites (tertiary alicyclic amines) is 1. The maximum absolute atomic E-state index is 12.9. The van der Waals surface area contributed by atoms with E-state index in [1.807, 2.05) is 6.92 Å². The molecule has 1 heterocycles. The summed E-state index contributed by atoms with van der Waals surface area (Å²) in [5.74, 6) is 0.819. The highest BCUT2D eigenvalue weighted by atomic mass is 16.5. The number of ether oxygens (including phenoxy) is 1. The third-order valence-electron chi connectivity index (χ3n) is 6.87. The third kappa shape index (κ3) is 5.57. The van der Waals surface area contributed by atoms with Gasteiger partial charge in [-0.1, -0.05) is 37.1 Å². The molecule has 2 fully saturated rings. The van der Waals surface area contributed by atoms with Crippen molar-refractivity contribution in [3.05, 3.63) is 35.4 Å². The van der Waals surface area contributed by atoms with Crippen molar-refractivity contribution in [2.24, 2.45) is 5.92 Å². The Bertz CT molecular complexity index is 619. The number of rotatable bonds is 8. The number of hydrogen-bond acceptors (Lipinski definition) is 3. The Hall–Kier alpha value is -1.39. The molecule has 4 nitrogen and oxygen atoms in total. The Labute approximate surface area is 171 Å². The van der Waals surface area contributed by atoms with Gasteiger partial charge in [-0.05, 0) is 76.1 Å². The lowest BCUT2D eigenvalue weighted by atomic mass is 9.94. The number of hydrogen-bond donors (Lipinski definition) is 0. The van der Waals surface area contributed by atoms with Crippen molar-refractivity contribution in [2.45, 2.75) is 70.9 Å². The second-order valence-electron chi connectivity index (χ2n) is 8.77. The van der Waals surface area contributed by atoms with E-state index < -0.39 is 0 Å². The summed E-state index contributed by atoms with van der Waals surface area (Å²) in [6.45, 7) is 8.47. The first-order chi connectivity index (χ1) is 13.6. The van der Waals surface area contributed by atoms with E-state index in [4.69, 9.17) is 4.74 Å². The topological polar surface area (TPSA) is 32.8 Å². The summed E-state index contributed by atoms with van der Waals surface area (Å²) in [5.41, 5.74) is 2.87. The standard InChI is InChI=1S/C24H38N2O2/c1-19-8-4-5-9-22(19)14-17-25-15-12-21(13-16-25)18-26(23-10-6-7-11-23)24(27)20(2)28-3/h4-5,8-9,20-21,23H,6-7,10-18H2,1-3H3. The van der Waals surface area contributed by atoms with Crippen LogP contribution in [0.3, 0.4) is 0 Å². The van der Waals surface area contributed by atoms with Crippen molar-refractivity contribution in [3.63, 3.8) is 0 Å². The van der Waals surface area contributed by atoms with Crippen LogP contribution in [0, 0.1) is 12.8 Å². The van der Waals surface area contributed by atoms with Crippen LogP contribution in [-0.4, -0.2) is 61.1 Å². The summed E-state index contributed by atoms with van der Waals surface area (Å²) in [6.07, 6.45) is 8.05. The lowest BCUT2D eigenvalue weighted by Gasteiger charge is -2.38. The average Bonchev–Trinajstić information content (AvgIpc) is 3.25. The van der Waals surface area contributed by atoms with Crippen LogP contribution in [0.25, 0.3) is 0 Å². The highest BCUT2D eigenvalue weighted by Crippen LogP contribution is 2.27. The Morgan fingerprint density at radius 2 is 1.86 bits per heavy atom. The smallest absolute Gasteiger partial charge is 0.251 e. The van der Waals surface area contributed by atoms with Crippen LogP contribution in [-0.2, 0) is 16.0 Å². The molecule has 1 amide bonds. The van der Waals surface area contributed by atoms with Crippen LogP contribution < -0.4 is 0 Å². The van der Waals surface area contributed by atoms with Crippen molar-refractivity contribution in [1.29, 1.82) is 0 Å². The van der Waals surface area contributed by atoms with Crippen molar-refractivity contribution >= 4 is 5.91 Å². The maximum Gasteiger partial charge on any atom is 0.251 e. The van der Waals surface area contributed by atoms with Gasteiger partial charge in [0, 0.05) is 26.2 Å². The van der Waals surface area contributed by atoms with Gasteiger partial charge in [-0.15, -0.1) is 0 Å². The van der Waals surface area contributed by atoms with E-state index in [9.17, 15) is 4.79 Å². The Kier molecular flexibility index (Phi) is 7.92. The summed E-state index contributed by atoms with van der Waals surface area (Å²) in [4.78, 5) is 17.7. The normalized spacial score (nSPS) is 20.4. The molecule has 1 aliphatic carbocycles. The monoisotopic (exact) mass is 386 g/mol. The zero-order valence-electron chi connectivity index (χ0n) is 18.0. The average molecular weight is 387 g/mol. The summed E-state index contributed by atoms with van der Waals surface area (Å²) >= 11 is 0. The quantitative estimate of drug-likeness (QED) is 0.675. The van der Waals surface area contributed by atoms with E-state index in [0.717, 1.165) is 45.4 Å². The Morgan fingerprint density at radius 3 is 2.50 bits per heavy atom. The predicted molar refractivity (Wildman–Crippen MR) is 114 cm³/mol. The van der Waals surface area contributed by atoms with Crippen LogP contribution in [0.15, 0.2) is 24.3 Å². The van der Waals surface area contributed by atoms with E-state index in [0.29, 0.717) is 12.0 Å². The molecule has 28 heavy (non-hydrogen) atoms. The minimum Gasteiger partial charge on any atom is -0.372 e. The van der Waals surface area contributed by atoms with Gasteiger partial charge in [0.2, 0.25) is 0 Å². The first kappa shape index (κ1) is 21.3. The molecule has 0 spiro atoms. The summed E-state index contributed by atoms with van der Waals surface area (Å²) < 4.78 is 5.34. The SMILES string of the molecule is COC(C)C(=O)N(CC1CCN(CCc2ccccc2C)CC1)C1CCCC1. The molecule has 3 rings (SSSR count). The van der Waals surface area contributed by atoms with Gasteiger partial charge < -0.3 is 14.5 Å². The fourth-order valence-corrected chi connectivity index (χ4v) is 4.81. The molecule has 4 heteroatoms. The van der Waals surface area contributed by atoms with Gasteiger partial charge in [0.15, 0.2) is 0 Å². The van der Waals surface area contributed by atoms with Gasteiger partial charge in [-0.25, -0.2) is 0 Å². The molecule has 1 saturated carbocycles. The van der Waals surface area contributed by atoms with E-state index in [1.54, 1.807) is 7.11 Å². The molecule has 1 aliphatic heterocycles. The van der Waals surface area contributed by atoms with Crippen molar-refractivity contribution in [1.82, 2.24) is 9.80 Å². The molecular weight excluding hydrogens is 348 g/mol. The number of piperidine rings is 1. The van der Waals surface area contributed by atoms with Crippen LogP contribution in [0.4, 0.5) is 0 Å². The molecule has 0 radical (unpaired) electrons. The van der Waals surface area contributed by atoms with Gasteiger partial charge >= 0.3 is 0 Å². The number of carbonyl (C=O) groups excluding carboxylic acids is 1. The summed E-state index contributed by atoms with van der Waals surface area (Å²) in [5, 5.41) is 0. The van der Waals surface area contributed by atoms with Gasteiger partial charge in [-0.3, -0.25) is 4.79 Å². The molecule has 0 N–H and O–H groups in total. The summed E-state index contributed by atoms with van der Waals surface area (Å²) in [7, 11) is 1.64. The van der Waals surface area contributed by atoms with Crippen LogP contribution >= 0.6 is 0 Å². The first-order valence-electron chi connectivity index (χ1n) is 11.2. The molecule has 0 aromatic heterocycles. The fourth-order valence-electron chi connectivity index (χ4n) is 4.81. The highest BCUT2D eigenvalue weighted by molar-refractivity contribution is 5.80. The predicted octanol–water partition coefficient (Wildman–Crippen LogP) is 4.06. The van der Waals surface area contributed by atoms with Crippen molar-refractivity contribution < 1.29 is 9.53 Å². The number of carbonyl (C=O) groups is 1. The fraction of sp³-hybridized carbons (Fsp3) is 0.708. The number of nitrogens with zero attached hydrogens (tertiary/aromatic N) is 2. The molecule has 156 valence electrons. The number of aryl methyl sites for hydroxylation is 1. The molecular formula is C24H38N2O2. The third-order valence-corrected chi connectivity index (χ3v) is 6.87. The Morgan fingerprint density at radius 1 is 1.18 bits per heavy atom. The minimum absolute atomic E-state index is 0.191. The number of amides is 1. The van der Waals surface area contributed by atoms with Gasteiger partial charge in [0.05, 0.1) is 0 Å². The maximum atomic E-state index is 12.9. The molecule has 1 atom stereocenters. The molecule has 1 aromatic rings. The zero-order chi connectivity index (χ0) is 19.9. The second-order valence-corrected chi connectivity index (χ2v) is 8.77. The summed E-state index contributed by atoms with van der Waals surface area (Å²) in [6, 6.07) is 9.15. The lowest BCUT2D eigenvalue weighted by Crippen LogP contribution is -2.48. The van der Waals surface area contributed by atoms with Crippen LogP contribution in [0.1, 0.15) is 56.6 Å². The van der Waals surface area contributed by atoms with E-state index >= 15 is 0 Å². The highest BCUT2D eigenvalue weighted by Gasteiger charge is 2.32. The molecule has 1 saturated heterocycles. The van der Waals surface area contributed by atoms with Crippen molar-refractivity contribution in [3.8, 4) is 0 Å². The van der Waals surface area contributed by atoms with E-state index in [1.165, 1.54) is 36.8 Å². The number of methoxy groups -OCH3 is 1. The second kappa shape index (κ2) is 10.4. The van der Waals surface area contributed by atoms with Crippen LogP contribution in [0.5, 0.6) is 0 Å². The van der Waals surface area contributed by atoms with Gasteiger partial charge in [0.1, 0.15) is 6.10 Å². The largest absolute Gasteiger partial charge is 0.372 e. The molecule has 0 bridgehead atoms. The lowest BCUT2D eigenvalue weighted by molar-refractivity contribution is -0.144. The minimum atomic E-state index is -0.324.